The molecule has 1 aromatic carbocycles. The van der Waals surface area contributed by atoms with Gasteiger partial charge in [0.25, 0.3) is 0 Å². The van der Waals surface area contributed by atoms with Crippen molar-refractivity contribution in [1.82, 2.24) is 10.6 Å². The standard InChI is InChI=1S/C17H23ClN2O2/c1-12(17(22)20-14-7-3-4-8-14)19-16(21)11-10-13-6-2-5-9-15(13)18/h2,5-6,9,12,14H,3-4,7-8,10-11H2,1H3,(H,19,21)(H,20,22)/t12-/m1/s1. The van der Waals surface area contributed by atoms with Gasteiger partial charge in [0.05, 0.1) is 0 Å². The van der Waals surface area contributed by atoms with Crippen LogP contribution in [0.25, 0.3) is 0 Å². The third-order valence-electron chi connectivity index (χ3n) is 4.05. The summed E-state index contributed by atoms with van der Waals surface area (Å²) in [5.41, 5.74) is 0.947. The molecular weight excluding hydrogens is 300 g/mol. The molecule has 0 bridgehead atoms. The Hall–Kier alpha value is -1.55. The van der Waals surface area contributed by atoms with Crippen molar-refractivity contribution in [2.45, 2.75) is 57.5 Å². The number of nitrogens with one attached hydrogen (secondary N) is 2. The van der Waals surface area contributed by atoms with Crippen LogP contribution in [0.2, 0.25) is 5.02 Å². The molecule has 0 aliphatic heterocycles. The average Bonchev–Trinajstić information content (AvgIpc) is 2.99. The Labute approximate surface area is 136 Å². The van der Waals surface area contributed by atoms with Crippen molar-refractivity contribution in [2.75, 3.05) is 0 Å². The zero-order chi connectivity index (χ0) is 15.9. The van der Waals surface area contributed by atoms with Crippen LogP contribution in [0.15, 0.2) is 24.3 Å². The average molecular weight is 323 g/mol. The minimum absolute atomic E-state index is 0.0991. The largest absolute Gasteiger partial charge is 0.352 e. The van der Waals surface area contributed by atoms with E-state index in [0.717, 1.165) is 18.4 Å². The minimum atomic E-state index is -0.501. The van der Waals surface area contributed by atoms with Crippen molar-refractivity contribution in [1.29, 1.82) is 0 Å². The van der Waals surface area contributed by atoms with Crippen LogP contribution < -0.4 is 10.6 Å². The van der Waals surface area contributed by atoms with Crippen molar-refractivity contribution >= 4 is 23.4 Å². The number of amides is 2. The monoisotopic (exact) mass is 322 g/mol. The van der Waals surface area contributed by atoms with Gasteiger partial charge in [0.2, 0.25) is 11.8 Å². The first-order valence-corrected chi connectivity index (χ1v) is 8.27. The van der Waals surface area contributed by atoms with Gasteiger partial charge in [-0.2, -0.15) is 0 Å². The lowest BCUT2D eigenvalue weighted by Gasteiger charge is -2.17. The van der Waals surface area contributed by atoms with Crippen LogP contribution in [-0.4, -0.2) is 23.9 Å². The predicted octanol–water partition coefficient (Wildman–Crippen LogP) is 2.84. The van der Waals surface area contributed by atoms with Crippen LogP contribution in [0.4, 0.5) is 0 Å². The molecule has 1 fully saturated rings. The smallest absolute Gasteiger partial charge is 0.242 e. The summed E-state index contributed by atoms with van der Waals surface area (Å²) in [7, 11) is 0. The normalized spacial score (nSPS) is 16.3. The fourth-order valence-electron chi connectivity index (χ4n) is 2.72. The molecular formula is C17H23ClN2O2. The molecule has 1 aromatic rings. The molecule has 120 valence electrons. The second-order valence-corrected chi connectivity index (χ2v) is 6.28. The highest BCUT2D eigenvalue weighted by Crippen LogP contribution is 2.18. The summed E-state index contributed by atoms with van der Waals surface area (Å²) in [4.78, 5) is 24.0. The van der Waals surface area contributed by atoms with E-state index in [1.54, 1.807) is 6.92 Å². The maximum absolute atomic E-state index is 12.0. The lowest BCUT2D eigenvalue weighted by atomic mass is 10.1. The van der Waals surface area contributed by atoms with E-state index in [1.807, 2.05) is 24.3 Å². The van der Waals surface area contributed by atoms with Crippen LogP contribution in [0, 0.1) is 0 Å². The van der Waals surface area contributed by atoms with Gasteiger partial charge in [-0.15, -0.1) is 0 Å². The second kappa shape index (κ2) is 8.18. The zero-order valence-electron chi connectivity index (χ0n) is 12.9. The highest BCUT2D eigenvalue weighted by atomic mass is 35.5. The van der Waals surface area contributed by atoms with Crippen LogP contribution in [0.1, 0.15) is 44.6 Å². The third-order valence-corrected chi connectivity index (χ3v) is 4.42. The number of carbonyl (C=O) groups excluding carboxylic acids is 2. The van der Waals surface area contributed by atoms with E-state index in [4.69, 9.17) is 11.6 Å². The van der Waals surface area contributed by atoms with Crippen molar-refractivity contribution in [2.24, 2.45) is 0 Å². The molecule has 0 spiro atoms. The Bertz CT molecular complexity index is 527. The van der Waals surface area contributed by atoms with E-state index >= 15 is 0 Å². The zero-order valence-corrected chi connectivity index (χ0v) is 13.7. The van der Waals surface area contributed by atoms with Crippen molar-refractivity contribution in [3.63, 3.8) is 0 Å². The first kappa shape index (κ1) is 16.8. The Morgan fingerprint density at radius 3 is 2.64 bits per heavy atom. The number of rotatable bonds is 6. The molecule has 1 atom stereocenters. The van der Waals surface area contributed by atoms with Gasteiger partial charge in [0.1, 0.15) is 6.04 Å². The Balaban J connectivity index is 1.73. The Morgan fingerprint density at radius 2 is 1.95 bits per heavy atom. The topological polar surface area (TPSA) is 58.2 Å². The molecule has 0 aromatic heterocycles. The maximum Gasteiger partial charge on any atom is 0.242 e. The second-order valence-electron chi connectivity index (χ2n) is 5.87. The molecule has 22 heavy (non-hydrogen) atoms. The predicted molar refractivity (Wildman–Crippen MR) is 87.8 cm³/mol. The van der Waals surface area contributed by atoms with Gasteiger partial charge in [0.15, 0.2) is 0 Å². The lowest BCUT2D eigenvalue weighted by Crippen LogP contribution is -2.47. The number of carbonyl (C=O) groups is 2. The molecule has 1 saturated carbocycles. The summed E-state index contributed by atoms with van der Waals surface area (Å²) in [6.45, 7) is 1.72. The van der Waals surface area contributed by atoms with Crippen molar-refractivity contribution in [3.8, 4) is 0 Å². The van der Waals surface area contributed by atoms with E-state index < -0.39 is 6.04 Å². The molecule has 0 radical (unpaired) electrons. The number of aryl methyl sites for hydroxylation is 1. The van der Waals surface area contributed by atoms with Crippen molar-refractivity contribution < 1.29 is 9.59 Å². The Morgan fingerprint density at radius 1 is 1.27 bits per heavy atom. The van der Waals surface area contributed by atoms with Crippen LogP contribution in [-0.2, 0) is 16.0 Å². The maximum atomic E-state index is 12.0. The minimum Gasteiger partial charge on any atom is -0.352 e. The first-order valence-electron chi connectivity index (χ1n) is 7.89. The van der Waals surface area contributed by atoms with Gasteiger partial charge in [-0.1, -0.05) is 42.6 Å². The molecule has 1 aliphatic carbocycles. The van der Waals surface area contributed by atoms with Gasteiger partial charge in [-0.25, -0.2) is 0 Å². The first-order chi connectivity index (χ1) is 10.6. The number of halogens is 1. The fourth-order valence-corrected chi connectivity index (χ4v) is 2.96. The summed E-state index contributed by atoms with van der Waals surface area (Å²) >= 11 is 6.06. The van der Waals surface area contributed by atoms with E-state index in [9.17, 15) is 9.59 Å². The summed E-state index contributed by atoms with van der Waals surface area (Å²) in [5, 5.41) is 6.41. The molecule has 2 amide bonds. The molecule has 0 unspecified atom stereocenters. The van der Waals surface area contributed by atoms with Crippen molar-refractivity contribution in [3.05, 3.63) is 34.9 Å². The quantitative estimate of drug-likeness (QED) is 0.846. The third kappa shape index (κ3) is 5.02. The summed E-state index contributed by atoms with van der Waals surface area (Å²) in [5.74, 6) is -0.230. The van der Waals surface area contributed by atoms with Crippen LogP contribution >= 0.6 is 11.6 Å². The molecule has 4 nitrogen and oxygen atoms in total. The van der Waals surface area contributed by atoms with E-state index in [0.29, 0.717) is 17.9 Å². The van der Waals surface area contributed by atoms with Crippen LogP contribution in [0.3, 0.4) is 0 Å². The lowest BCUT2D eigenvalue weighted by molar-refractivity contribution is -0.129. The molecule has 2 rings (SSSR count). The molecule has 0 saturated heterocycles. The van der Waals surface area contributed by atoms with E-state index in [2.05, 4.69) is 10.6 Å². The summed E-state index contributed by atoms with van der Waals surface area (Å²) < 4.78 is 0. The van der Waals surface area contributed by atoms with Crippen LogP contribution in [0.5, 0.6) is 0 Å². The van der Waals surface area contributed by atoms with Gasteiger partial charge in [-0.05, 0) is 37.8 Å². The van der Waals surface area contributed by atoms with Gasteiger partial charge >= 0.3 is 0 Å². The van der Waals surface area contributed by atoms with E-state index in [-0.39, 0.29) is 17.9 Å². The number of hydrogen-bond donors (Lipinski definition) is 2. The highest BCUT2D eigenvalue weighted by Gasteiger charge is 2.21. The SMILES string of the molecule is C[C@@H](NC(=O)CCc1ccccc1Cl)C(=O)NC1CCCC1. The van der Waals surface area contributed by atoms with Gasteiger partial charge in [-0.3, -0.25) is 9.59 Å². The number of hydrogen-bond acceptors (Lipinski definition) is 2. The van der Waals surface area contributed by atoms with Gasteiger partial charge in [0, 0.05) is 17.5 Å². The fraction of sp³-hybridized carbons (Fsp3) is 0.529. The molecule has 2 N–H and O–H groups in total. The Kier molecular flexibility index (Phi) is 6.25. The molecule has 0 heterocycles. The number of benzene rings is 1. The van der Waals surface area contributed by atoms with Gasteiger partial charge < -0.3 is 10.6 Å². The summed E-state index contributed by atoms with van der Waals surface area (Å²) in [6, 6.07) is 7.26. The highest BCUT2D eigenvalue weighted by molar-refractivity contribution is 6.31. The molecule has 5 heteroatoms. The van der Waals surface area contributed by atoms with E-state index in [1.165, 1.54) is 12.8 Å². The summed E-state index contributed by atoms with van der Waals surface area (Å²) in [6.07, 6.45) is 5.32. The molecule has 1 aliphatic rings.